The van der Waals surface area contributed by atoms with Gasteiger partial charge in [-0.3, -0.25) is 9.10 Å². The van der Waals surface area contributed by atoms with Crippen LogP contribution in [0, 0.1) is 6.92 Å². The Morgan fingerprint density at radius 2 is 1.90 bits per heavy atom. The van der Waals surface area contributed by atoms with Crippen molar-refractivity contribution in [1.82, 2.24) is 5.43 Å². The van der Waals surface area contributed by atoms with Gasteiger partial charge in [-0.2, -0.15) is 5.10 Å². The van der Waals surface area contributed by atoms with Gasteiger partial charge in [0.2, 0.25) is 0 Å². The number of thiophene rings is 1. The molecule has 0 aliphatic rings. The van der Waals surface area contributed by atoms with Crippen LogP contribution in [0.25, 0.3) is 0 Å². The number of hydrazone groups is 1. The molecule has 0 unspecified atom stereocenters. The van der Waals surface area contributed by atoms with Crippen LogP contribution in [-0.4, -0.2) is 27.1 Å². The van der Waals surface area contributed by atoms with E-state index in [1.165, 1.54) is 29.7 Å². The highest BCUT2D eigenvalue weighted by Gasteiger charge is 2.28. The summed E-state index contributed by atoms with van der Waals surface area (Å²) in [7, 11) is -3.99. The van der Waals surface area contributed by atoms with Crippen molar-refractivity contribution in [2.45, 2.75) is 11.8 Å². The van der Waals surface area contributed by atoms with Crippen molar-refractivity contribution in [2.24, 2.45) is 5.10 Å². The molecular formula is C20H18ClN3O3S2. The van der Waals surface area contributed by atoms with Crippen LogP contribution in [-0.2, 0) is 14.8 Å². The molecule has 150 valence electrons. The van der Waals surface area contributed by atoms with E-state index in [1.54, 1.807) is 43.3 Å². The smallest absolute Gasteiger partial charge is 0.264 e. The van der Waals surface area contributed by atoms with E-state index in [4.69, 9.17) is 11.6 Å². The molecule has 0 fully saturated rings. The topological polar surface area (TPSA) is 78.8 Å². The van der Waals surface area contributed by atoms with Crippen LogP contribution in [0.4, 0.5) is 5.69 Å². The largest absolute Gasteiger partial charge is 0.271 e. The second-order valence-electron chi connectivity index (χ2n) is 6.02. The summed E-state index contributed by atoms with van der Waals surface area (Å²) in [6.45, 7) is 1.26. The Hall–Kier alpha value is -2.68. The zero-order valence-corrected chi connectivity index (χ0v) is 17.8. The number of carbonyl (C=O) groups is 1. The van der Waals surface area contributed by atoms with Crippen molar-refractivity contribution in [1.29, 1.82) is 0 Å². The minimum Gasteiger partial charge on any atom is -0.271 e. The first-order valence-electron chi connectivity index (χ1n) is 8.58. The van der Waals surface area contributed by atoms with E-state index in [9.17, 15) is 13.2 Å². The van der Waals surface area contributed by atoms with Crippen LogP contribution in [0.2, 0.25) is 5.02 Å². The van der Waals surface area contributed by atoms with E-state index in [0.29, 0.717) is 16.3 Å². The van der Waals surface area contributed by atoms with E-state index in [2.05, 4.69) is 10.5 Å². The summed E-state index contributed by atoms with van der Waals surface area (Å²) in [4.78, 5) is 13.4. The zero-order valence-electron chi connectivity index (χ0n) is 15.4. The molecular weight excluding hydrogens is 430 g/mol. The van der Waals surface area contributed by atoms with Gasteiger partial charge in [-0.05, 0) is 48.2 Å². The molecule has 0 atom stereocenters. The third kappa shape index (κ3) is 5.03. The number of sulfonamides is 1. The molecule has 9 heteroatoms. The van der Waals surface area contributed by atoms with Gasteiger partial charge in [-0.1, -0.05) is 41.9 Å². The summed E-state index contributed by atoms with van der Waals surface area (Å²) < 4.78 is 27.6. The van der Waals surface area contributed by atoms with Gasteiger partial charge >= 0.3 is 0 Å². The van der Waals surface area contributed by atoms with Crippen molar-refractivity contribution in [3.8, 4) is 0 Å². The molecule has 6 nitrogen and oxygen atoms in total. The standard InChI is InChI=1S/C20H18ClN3O3S2/c1-15-18(21)10-5-11-19(15)24(29(26,27)17-8-3-2-4-9-17)14-20(25)23-22-13-16-7-6-12-28-16/h2-13H,14H2,1H3,(H,23,25)/b22-13-. The van der Waals surface area contributed by atoms with E-state index in [-0.39, 0.29) is 4.90 Å². The van der Waals surface area contributed by atoms with Gasteiger partial charge in [0, 0.05) is 9.90 Å². The van der Waals surface area contributed by atoms with Crippen LogP contribution in [0.15, 0.2) is 76.0 Å². The van der Waals surface area contributed by atoms with E-state index >= 15 is 0 Å². The number of rotatable bonds is 7. The van der Waals surface area contributed by atoms with Gasteiger partial charge < -0.3 is 0 Å². The molecule has 1 amide bonds. The van der Waals surface area contributed by atoms with E-state index < -0.39 is 22.5 Å². The zero-order chi connectivity index (χ0) is 20.9. The second kappa shape index (κ2) is 9.21. The number of nitrogens with one attached hydrogen (secondary N) is 1. The maximum Gasteiger partial charge on any atom is 0.264 e. The summed E-state index contributed by atoms with van der Waals surface area (Å²) in [5, 5.41) is 6.19. The SMILES string of the molecule is Cc1c(Cl)cccc1N(CC(=O)N/N=C\c1cccs1)S(=O)(=O)c1ccccc1. The maximum absolute atomic E-state index is 13.3. The fourth-order valence-corrected chi connectivity index (χ4v) is 4.84. The molecule has 0 aliphatic heterocycles. The van der Waals surface area contributed by atoms with Gasteiger partial charge in [-0.25, -0.2) is 13.8 Å². The predicted octanol–water partition coefficient (Wildman–Crippen LogP) is 4.06. The normalized spacial score (nSPS) is 11.5. The maximum atomic E-state index is 13.3. The first-order chi connectivity index (χ1) is 13.9. The lowest BCUT2D eigenvalue weighted by Crippen LogP contribution is -2.40. The lowest BCUT2D eigenvalue weighted by atomic mass is 10.2. The molecule has 2 aromatic carbocycles. The molecule has 1 aromatic heterocycles. The highest BCUT2D eigenvalue weighted by Crippen LogP contribution is 2.30. The number of halogens is 1. The van der Waals surface area contributed by atoms with Gasteiger partial charge in [0.15, 0.2) is 0 Å². The number of nitrogens with zero attached hydrogens (tertiary/aromatic N) is 2. The van der Waals surface area contributed by atoms with Gasteiger partial charge in [0.1, 0.15) is 6.54 Å². The quantitative estimate of drug-likeness (QED) is 0.438. The molecule has 0 saturated carbocycles. The molecule has 3 rings (SSSR count). The molecule has 1 heterocycles. The molecule has 3 aromatic rings. The first kappa shape index (κ1) is 21.0. The van der Waals surface area contributed by atoms with Crippen molar-refractivity contribution in [2.75, 3.05) is 10.8 Å². The number of carbonyl (C=O) groups excluding carboxylic acids is 1. The van der Waals surface area contributed by atoms with Crippen LogP contribution < -0.4 is 9.73 Å². The van der Waals surface area contributed by atoms with Gasteiger partial charge in [0.05, 0.1) is 16.8 Å². The second-order valence-corrected chi connectivity index (χ2v) is 9.27. The minimum atomic E-state index is -3.99. The average Bonchev–Trinajstić information content (AvgIpc) is 3.23. The Kier molecular flexibility index (Phi) is 6.68. The Bertz CT molecular complexity index is 1120. The third-order valence-corrected chi connectivity index (χ3v) is 7.04. The molecule has 0 bridgehead atoms. The molecule has 1 N–H and O–H groups in total. The Balaban J connectivity index is 1.91. The Morgan fingerprint density at radius 1 is 1.14 bits per heavy atom. The number of anilines is 1. The fourth-order valence-electron chi connectivity index (χ4n) is 2.58. The van der Waals surface area contributed by atoms with Crippen LogP contribution in [0.1, 0.15) is 10.4 Å². The molecule has 0 spiro atoms. The summed E-state index contributed by atoms with van der Waals surface area (Å²) >= 11 is 7.66. The predicted molar refractivity (Wildman–Crippen MR) is 117 cm³/mol. The number of hydrogen-bond donors (Lipinski definition) is 1. The van der Waals surface area contributed by atoms with Crippen LogP contribution in [0.3, 0.4) is 0 Å². The Morgan fingerprint density at radius 3 is 2.59 bits per heavy atom. The first-order valence-corrected chi connectivity index (χ1v) is 11.3. The van der Waals surface area contributed by atoms with Crippen molar-refractivity contribution < 1.29 is 13.2 Å². The minimum absolute atomic E-state index is 0.0780. The highest BCUT2D eigenvalue weighted by atomic mass is 35.5. The summed E-state index contributed by atoms with van der Waals surface area (Å²) in [6.07, 6.45) is 1.50. The van der Waals surface area contributed by atoms with E-state index in [1.807, 2.05) is 17.5 Å². The third-order valence-electron chi connectivity index (χ3n) is 4.05. The molecule has 0 radical (unpaired) electrons. The van der Waals surface area contributed by atoms with Crippen molar-refractivity contribution in [3.05, 3.63) is 81.5 Å². The molecule has 0 saturated heterocycles. The fraction of sp³-hybridized carbons (Fsp3) is 0.100. The number of amides is 1. The van der Waals surface area contributed by atoms with Gasteiger partial charge in [-0.15, -0.1) is 11.3 Å². The molecule has 29 heavy (non-hydrogen) atoms. The molecule has 0 aliphatic carbocycles. The number of benzene rings is 2. The Labute approximate surface area is 178 Å². The van der Waals surface area contributed by atoms with Crippen molar-refractivity contribution >= 4 is 50.8 Å². The summed E-state index contributed by atoms with van der Waals surface area (Å²) in [5.41, 5.74) is 3.27. The lowest BCUT2D eigenvalue weighted by molar-refractivity contribution is -0.119. The van der Waals surface area contributed by atoms with Crippen LogP contribution >= 0.6 is 22.9 Å². The van der Waals surface area contributed by atoms with E-state index in [0.717, 1.165) is 9.18 Å². The van der Waals surface area contributed by atoms with Crippen molar-refractivity contribution in [3.63, 3.8) is 0 Å². The van der Waals surface area contributed by atoms with Gasteiger partial charge in [0.25, 0.3) is 15.9 Å². The lowest BCUT2D eigenvalue weighted by Gasteiger charge is -2.25. The monoisotopic (exact) mass is 447 g/mol. The average molecular weight is 448 g/mol. The van der Waals surface area contributed by atoms with Crippen LogP contribution in [0.5, 0.6) is 0 Å². The summed E-state index contributed by atoms with van der Waals surface area (Å²) in [5.74, 6) is -0.573. The summed E-state index contributed by atoms with van der Waals surface area (Å²) in [6, 6.07) is 16.6. The highest BCUT2D eigenvalue weighted by molar-refractivity contribution is 7.92. The number of hydrogen-bond acceptors (Lipinski definition) is 5.